The van der Waals surface area contributed by atoms with E-state index in [1.807, 2.05) is 43.3 Å². The second kappa shape index (κ2) is 7.25. The topological polar surface area (TPSA) is 67.9 Å². The molecule has 130 valence electrons. The van der Waals surface area contributed by atoms with Crippen LogP contribution in [-0.4, -0.2) is 43.0 Å². The zero-order valence-electron chi connectivity index (χ0n) is 14.2. The van der Waals surface area contributed by atoms with Gasteiger partial charge in [0.2, 0.25) is 12.0 Å². The van der Waals surface area contributed by atoms with Gasteiger partial charge in [-0.05, 0) is 31.2 Å². The van der Waals surface area contributed by atoms with Crippen LogP contribution in [0.1, 0.15) is 5.56 Å². The minimum absolute atomic E-state index is 0.0613. The van der Waals surface area contributed by atoms with Crippen molar-refractivity contribution in [3.05, 3.63) is 54.1 Å². The quantitative estimate of drug-likeness (QED) is 0.927. The van der Waals surface area contributed by atoms with Gasteiger partial charge in [0.05, 0.1) is 6.54 Å². The normalized spacial score (nSPS) is 15.4. The van der Waals surface area contributed by atoms with E-state index in [0.717, 1.165) is 5.56 Å². The third kappa shape index (κ3) is 4.09. The number of benzene rings is 2. The van der Waals surface area contributed by atoms with Crippen molar-refractivity contribution in [2.24, 2.45) is 0 Å². The zero-order chi connectivity index (χ0) is 17.8. The molecule has 1 aliphatic rings. The summed E-state index contributed by atoms with van der Waals surface area (Å²) >= 11 is 0. The van der Waals surface area contributed by atoms with E-state index in [4.69, 9.17) is 9.47 Å². The molecule has 0 aromatic heterocycles. The van der Waals surface area contributed by atoms with Crippen molar-refractivity contribution in [1.29, 1.82) is 0 Å². The first kappa shape index (κ1) is 16.8. The maximum atomic E-state index is 12.5. The number of hydrogen-bond acceptors (Lipinski definition) is 4. The van der Waals surface area contributed by atoms with E-state index in [1.54, 1.807) is 19.2 Å². The van der Waals surface area contributed by atoms with E-state index in [-0.39, 0.29) is 25.0 Å². The van der Waals surface area contributed by atoms with Crippen molar-refractivity contribution in [3.63, 3.8) is 0 Å². The molecule has 0 fully saturated rings. The van der Waals surface area contributed by atoms with Gasteiger partial charge in [-0.1, -0.05) is 29.8 Å². The Morgan fingerprint density at radius 1 is 1.12 bits per heavy atom. The predicted molar refractivity (Wildman–Crippen MR) is 93.8 cm³/mol. The Hall–Kier alpha value is -3.02. The molecule has 0 bridgehead atoms. The summed E-state index contributed by atoms with van der Waals surface area (Å²) in [6.07, 6.45) is -0.757. The van der Waals surface area contributed by atoms with Crippen molar-refractivity contribution in [2.45, 2.75) is 13.0 Å². The van der Waals surface area contributed by atoms with Gasteiger partial charge in [-0.25, -0.2) is 0 Å². The van der Waals surface area contributed by atoms with E-state index in [1.165, 1.54) is 4.90 Å². The second-order valence-electron chi connectivity index (χ2n) is 5.97. The van der Waals surface area contributed by atoms with E-state index in [9.17, 15) is 9.59 Å². The average Bonchev–Trinajstić information content (AvgIpc) is 2.62. The van der Waals surface area contributed by atoms with Crippen LogP contribution in [0.15, 0.2) is 48.5 Å². The number of nitrogens with zero attached hydrogens (tertiary/aromatic N) is 1. The van der Waals surface area contributed by atoms with Crippen LogP contribution in [0.4, 0.5) is 5.69 Å². The molecule has 1 heterocycles. The summed E-state index contributed by atoms with van der Waals surface area (Å²) in [5, 5.41) is 2.77. The summed E-state index contributed by atoms with van der Waals surface area (Å²) in [6.45, 7) is 2.04. The van der Waals surface area contributed by atoms with Gasteiger partial charge in [-0.2, -0.15) is 0 Å². The molecular formula is C19H20N2O4. The minimum Gasteiger partial charge on any atom is -0.485 e. The summed E-state index contributed by atoms with van der Waals surface area (Å²) < 4.78 is 11.2. The van der Waals surface area contributed by atoms with Crippen molar-refractivity contribution in [3.8, 4) is 11.5 Å². The lowest BCUT2D eigenvalue weighted by atomic mass is 10.2. The molecule has 0 saturated carbocycles. The molecule has 1 N–H and O–H groups in total. The number of fused-ring (bicyclic) bond motifs is 1. The van der Waals surface area contributed by atoms with Crippen molar-refractivity contribution in [2.75, 3.05) is 25.5 Å². The molecule has 2 amide bonds. The number of anilines is 1. The molecule has 0 unspecified atom stereocenters. The van der Waals surface area contributed by atoms with Gasteiger partial charge in [0.15, 0.2) is 11.5 Å². The Morgan fingerprint density at radius 2 is 1.80 bits per heavy atom. The number of amides is 2. The van der Waals surface area contributed by atoms with Crippen LogP contribution in [0.5, 0.6) is 11.5 Å². The summed E-state index contributed by atoms with van der Waals surface area (Å²) in [5.41, 5.74) is 1.81. The predicted octanol–water partition coefficient (Wildman–Crippen LogP) is 2.23. The van der Waals surface area contributed by atoms with Crippen molar-refractivity contribution < 1.29 is 19.1 Å². The maximum Gasteiger partial charge on any atom is 0.267 e. The van der Waals surface area contributed by atoms with Crippen LogP contribution in [0.2, 0.25) is 0 Å². The monoisotopic (exact) mass is 340 g/mol. The minimum atomic E-state index is -0.757. The summed E-state index contributed by atoms with van der Waals surface area (Å²) in [4.78, 5) is 25.9. The molecule has 3 rings (SSSR count). The van der Waals surface area contributed by atoms with E-state index in [2.05, 4.69) is 5.32 Å². The number of para-hydroxylation sites is 2. The first-order valence-electron chi connectivity index (χ1n) is 8.03. The Bertz CT molecular complexity index is 773. The summed E-state index contributed by atoms with van der Waals surface area (Å²) in [5.74, 6) is 0.585. The number of aryl methyl sites for hydroxylation is 1. The molecule has 1 atom stereocenters. The lowest BCUT2D eigenvalue weighted by molar-refractivity contribution is -0.141. The SMILES string of the molecule is Cc1ccc(NC(=O)CN(C)C(=O)[C@H]2COc3ccccc3O2)cc1. The van der Waals surface area contributed by atoms with E-state index >= 15 is 0 Å². The van der Waals surface area contributed by atoms with Crippen LogP contribution in [0.25, 0.3) is 0 Å². The molecule has 0 spiro atoms. The van der Waals surface area contributed by atoms with Crippen LogP contribution in [0.3, 0.4) is 0 Å². The highest BCUT2D eigenvalue weighted by Crippen LogP contribution is 2.31. The average molecular weight is 340 g/mol. The molecule has 2 aromatic carbocycles. The van der Waals surface area contributed by atoms with Gasteiger partial charge < -0.3 is 19.7 Å². The lowest BCUT2D eigenvalue weighted by Gasteiger charge is -2.28. The zero-order valence-corrected chi connectivity index (χ0v) is 14.2. The number of carbonyl (C=O) groups excluding carboxylic acids is 2. The number of carbonyl (C=O) groups is 2. The molecule has 0 aliphatic carbocycles. The number of ether oxygens (including phenoxy) is 2. The second-order valence-corrected chi connectivity index (χ2v) is 5.97. The first-order valence-corrected chi connectivity index (χ1v) is 8.03. The highest BCUT2D eigenvalue weighted by atomic mass is 16.6. The summed E-state index contributed by atoms with van der Waals surface area (Å²) in [7, 11) is 1.57. The number of rotatable bonds is 4. The maximum absolute atomic E-state index is 12.5. The number of likely N-dealkylation sites (N-methyl/N-ethyl adjacent to an activating group) is 1. The fourth-order valence-corrected chi connectivity index (χ4v) is 2.52. The van der Waals surface area contributed by atoms with Crippen LogP contribution < -0.4 is 14.8 Å². The Morgan fingerprint density at radius 3 is 2.52 bits per heavy atom. The molecule has 25 heavy (non-hydrogen) atoms. The van der Waals surface area contributed by atoms with Crippen molar-refractivity contribution in [1.82, 2.24) is 4.90 Å². The first-order chi connectivity index (χ1) is 12.0. The van der Waals surface area contributed by atoms with E-state index in [0.29, 0.717) is 17.2 Å². The molecular weight excluding hydrogens is 320 g/mol. The molecule has 2 aromatic rings. The van der Waals surface area contributed by atoms with Crippen LogP contribution >= 0.6 is 0 Å². The third-order valence-corrected chi connectivity index (χ3v) is 3.88. The van der Waals surface area contributed by atoms with Gasteiger partial charge in [0.25, 0.3) is 5.91 Å². The highest BCUT2D eigenvalue weighted by Gasteiger charge is 2.30. The number of nitrogens with one attached hydrogen (secondary N) is 1. The molecule has 0 saturated heterocycles. The van der Waals surface area contributed by atoms with Crippen LogP contribution in [0, 0.1) is 6.92 Å². The molecule has 1 aliphatic heterocycles. The lowest BCUT2D eigenvalue weighted by Crippen LogP contribution is -2.47. The Labute approximate surface area is 146 Å². The summed E-state index contributed by atoms with van der Waals surface area (Å²) in [6, 6.07) is 14.7. The van der Waals surface area contributed by atoms with Gasteiger partial charge in [-0.15, -0.1) is 0 Å². The molecule has 6 heteroatoms. The molecule has 6 nitrogen and oxygen atoms in total. The fraction of sp³-hybridized carbons (Fsp3) is 0.263. The van der Waals surface area contributed by atoms with E-state index < -0.39 is 6.10 Å². The Balaban J connectivity index is 1.56. The molecule has 0 radical (unpaired) electrons. The van der Waals surface area contributed by atoms with Crippen LogP contribution in [-0.2, 0) is 9.59 Å². The third-order valence-electron chi connectivity index (χ3n) is 3.88. The van der Waals surface area contributed by atoms with Gasteiger partial charge in [-0.3, -0.25) is 9.59 Å². The largest absolute Gasteiger partial charge is 0.485 e. The van der Waals surface area contributed by atoms with Crippen molar-refractivity contribution >= 4 is 17.5 Å². The standard InChI is InChI=1S/C19H20N2O4/c1-13-7-9-14(10-8-13)20-18(22)11-21(2)19(23)17-12-24-15-5-3-4-6-16(15)25-17/h3-10,17H,11-12H2,1-2H3,(H,20,22)/t17-/m1/s1. The fourth-order valence-electron chi connectivity index (χ4n) is 2.52. The number of hydrogen-bond donors (Lipinski definition) is 1. The van der Waals surface area contributed by atoms with Gasteiger partial charge in [0.1, 0.15) is 6.61 Å². The van der Waals surface area contributed by atoms with Gasteiger partial charge in [0, 0.05) is 12.7 Å². The Kier molecular flexibility index (Phi) is 4.88. The highest BCUT2D eigenvalue weighted by molar-refractivity contribution is 5.95. The smallest absolute Gasteiger partial charge is 0.267 e. The van der Waals surface area contributed by atoms with Gasteiger partial charge >= 0.3 is 0 Å².